The molecule has 0 spiro atoms. The Hall–Kier alpha value is -2.51. The molecule has 1 fully saturated rings. The van der Waals surface area contributed by atoms with Crippen LogP contribution in [0.2, 0.25) is 0 Å². The number of sulfonamides is 1. The van der Waals surface area contributed by atoms with Gasteiger partial charge in [-0.15, -0.1) is 0 Å². The zero-order chi connectivity index (χ0) is 23.1. The van der Waals surface area contributed by atoms with Crippen LogP contribution in [-0.2, 0) is 10.0 Å². The molecule has 1 amide bonds. The highest BCUT2D eigenvalue weighted by Gasteiger charge is 2.22. The molecule has 172 valence electrons. The Morgan fingerprint density at radius 1 is 1.00 bits per heavy atom. The van der Waals surface area contributed by atoms with E-state index in [4.69, 9.17) is 0 Å². The summed E-state index contributed by atoms with van der Waals surface area (Å²) in [5.41, 5.74) is 5.82. The van der Waals surface area contributed by atoms with Crippen molar-refractivity contribution < 1.29 is 13.2 Å². The third-order valence-electron chi connectivity index (χ3n) is 6.17. The summed E-state index contributed by atoms with van der Waals surface area (Å²) in [4.78, 5) is 12.7. The van der Waals surface area contributed by atoms with Gasteiger partial charge in [-0.1, -0.05) is 63.4 Å². The molecule has 6 nitrogen and oxygen atoms in total. The van der Waals surface area contributed by atoms with E-state index in [0.29, 0.717) is 24.7 Å². The molecule has 0 aromatic heterocycles. The van der Waals surface area contributed by atoms with Crippen LogP contribution < -0.4 is 5.43 Å². The number of amides is 1. The molecule has 0 aliphatic heterocycles. The van der Waals surface area contributed by atoms with Crippen molar-refractivity contribution in [2.75, 3.05) is 13.1 Å². The number of carbonyl (C=O) groups excluding carboxylic acids is 1. The summed E-state index contributed by atoms with van der Waals surface area (Å²) in [6.07, 6.45) is 6.45. The second kappa shape index (κ2) is 10.9. The zero-order valence-electron chi connectivity index (χ0n) is 19.2. The van der Waals surface area contributed by atoms with Crippen LogP contribution in [0.4, 0.5) is 0 Å². The molecule has 0 bridgehead atoms. The molecule has 1 saturated carbocycles. The van der Waals surface area contributed by atoms with Crippen molar-refractivity contribution in [1.29, 1.82) is 0 Å². The summed E-state index contributed by atoms with van der Waals surface area (Å²) in [6, 6.07) is 14.5. The van der Waals surface area contributed by atoms with Crippen LogP contribution in [-0.4, -0.2) is 37.4 Å². The van der Waals surface area contributed by atoms with Crippen molar-refractivity contribution in [1.82, 2.24) is 9.73 Å². The van der Waals surface area contributed by atoms with E-state index in [0.717, 1.165) is 5.56 Å². The number of nitrogens with zero attached hydrogens (tertiary/aromatic N) is 2. The number of nitrogens with one attached hydrogen (secondary N) is 1. The van der Waals surface area contributed by atoms with Crippen molar-refractivity contribution in [3.8, 4) is 0 Å². The van der Waals surface area contributed by atoms with E-state index in [1.807, 2.05) is 19.1 Å². The number of hydrogen-bond donors (Lipinski definition) is 1. The molecular weight excluding hydrogens is 422 g/mol. The Bertz CT molecular complexity index is 1050. The maximum Gasteiger partial charge on any atom is 0.271 e. The number of carbonyl (C=O) groups is 1. The van der Waals surface area contributed by atoms with Gasteiger partial charge in [0.05, 0.1) is 10.6 Å². The molecule has 7 heteroatoms. The van der Waals surface area contributed by atoms with Gasteiger partial charge in [-0.3, -0.25) is 4.79 Å². The van der Waals surface area contributed by atoms with Gasteiger partial charge >= 0.3 is 0 Å². The molecule has 1 aliphatic carbocycles. The molecule has 32 heavy (non-hydrogen) atoms. The molecule has 3 rings (SSSR count). The van der Waals surface area contributed by atoms with E-state index >= 15 is 0 Å². The Balaban J connectivity index is 1.69. The van der Waals surface area contributed by atoms with Crippen molar-refractivity contribution in [3.05, 3.63) is 65.2 Å². The molecule has 1 N–H and O–H groups in total. The second-order valence-corrected chi connectivity index (χ2v) is 10.2. The van der Waals surface area contributed by atoms with E-state index in [2.05, 4.69) is 22.7 Å². The van der Waals surface area contributed by atoms with Gasteiger partial charge < -0.3 is 0 Å². The first-order chi connectivity index (χ1) is 15.4. The third-order valence-corrected chi connectivity index (χ3v) is 8.22. The fourth-order valence-corrected chi connectivity index (χ4v) is 5.71. The van der Waals surface area contributed by atoms with Gasteiger partial charge in [-0.2, -0.15) is 9.41 Å². The first-order valence-electron chi connectivity index (χ1n) is 11.4. The maximum atomic E-state index is 12.7. The van der Waals surface area contributed by atoms with Crippen LogP contribution in [0.25, 0.3) is 0 Å². The number of hydrazone groups is 1. The lowest BCUT2D eigenvalue weighted by molar-refractivity contribution is 0.0954. The van der Waals surface area contributed by atoms with Crippen molar-refractivity contribution in [2.24, 2.45) is 5.10 Å². The fraction of sp³-hybridized carbons (Fsp3) is 0.440. The molecule has 0 unspecified atom stereocenters. The highest BCUT2D eigenvalue weighted by molar-refractivity contribution is 7.89. The Morgan fingerprint density at radius 3 is 2.28 bits per heavy atom. The van der Waals surface area contributed by atoms with Gasteiger partial charge in [0.25, 0.3) is 5.91 Å². The zero-order valence-corrected chi connectivity index (χ0v) is 20.0. The molecule has 0 heterocycles. The van der Waals surface area contributed by atoms with Gasteiger partial charge in [-0.25, -0.2) is 13.8 Å². The van der Waals surface area contributed by atoms with Gasteiger partial charge in [0.1, 0.15) is 0 Å². The summed E-state index contributed by atoms with van der Waals surface area (Å²) >= 11 is 0. The van der Waals surface area contributed by atoms with E-state index in [-0.39, 0.29) is 10.5 Å². The van der Waals surface area contributed by atoms with Crippen LogP contribution in [0.15, 0.2) is 58.5 Å². The molecule has 2 aromatic carbocycles. The van der Waals surface area contributed by atoms with E-state index < -0.39 is 15.9 Å². The minimum absolute atomic E-state index is 0.104. The predicted molar refractivity (Wildman–Crippen MR) is 128 cm³/mol. The normalized spacial score (nSPS) is 15.7. The first-order valence-corrected chi connectivity index (χ1v) is 12.9. The first kappa shape index (κ1) is 24.1. The number of benzene rings is 2. The van der Waals surface area contributed by atoms with Gasteiger partial charge in [0.15, 0.2) is 0 Å². The van der Waals surface area contributed by atoms with Gasteiger partial charge in [0.2, 0.25) is 10.0 Å². The van der Waals surface area contributed by atoms with Gasteiger partial charge in [-0.05, 0) is 55.0 Å². The van der Waals surface area contributed by atoms with Crippen molar-refractivity contribution in [2.45, 2.75) is 63.7 Å². The molecule has 1 aliphatic rings. The molecule has 0 saturated heterocycles. The SMILES string of the molecule is CCN(CC)S(=O)(=O)c1cccc(C(=O)N/N=C(/C)c2ccc(C3CCCCC3)cc2)c1. The predicted octanol–water partition coefficient (Wildman–Crippen LogP) is 4.92. The highest BCUT2D eigenvalue weighted by atomic mass is 32.2. The summed E-state index contributed by atoms with van der Waals surface area (Å²) in [6.45, 7) is 6.17. The number of hydrogen-bond acceptors (Lipinski definition) is 4. The minimum atomic E-state index is -3.63. The Labute approximate surface area is 191 Å². The summed E-state index contributed by atoms with van der Waals surface area (Å²) in [5.74, 6) is 0.203. The molecular formula is C25H33N3O3S. The van der Waals surface area contributed by atoms with Crippen LogP contribution >= 0.6 is 0 Å². The smallest absolute Gasteiger partial charge is 0.267 e. The second-order valence-electron chi connectivity index (χ2n) is 8.21. The molecule has 0 atom stereocenters. The highest BCUT2D eigenvalue weighted by Crippen LogP contribution is 2.32. The van der Waals surface area contributed by atoms with Crippen LogP contribution in [0, 0.1) is 0 Å². The lowest BCUT2D eigenvalue weighted by atomic mass is 9.84. The molecule has 2 aromatic rings. The average Bonchev–Trinajstić information content (AvgIpc) is 2.83. The van der Waals surface area contributed by atoms with Crippen LogP contribution in [0.5, 0.6) is 0 Å². The Kier molecular flexibility index (Phi) is 8.21. The standard InChI is InChI=1S/C25H33N3O3S/c1-4-28(5-2)32(30,31)24-13-9-12-23(18-24)25(29)27-26-19(3)20-14-16-22(17-15-20)21-10-7-6-8-11-21/h9,12-18,21H,4-8,10-11H2,1-3H3,(H,27,29)/b26-19-. The summed E-state index contributed by atoms with van der Waals surface area (Å²) < 4.78 is 26.8. The monoisotopic (exact) mass is 455 g/mol. The van der Waals surface area contributed by atoms with Gasteiger partial charge in [0, 0.05) is 18.7 Å². The van der Waals surface area contributed by atoms with E-state index in [9.17, 15) is 13.2 Å². The fourth-order valence-electron chi connectivity index (χ4n) is 4.21. The van der Waals surface area contributed by atoms with Crippen LogP contribution in [0.3, 0.4) is 0 Å². The summed E-state index contributed by atoms with van der Waals surface area (Å²) in [5, 5.41) is 4.23. The number of rotatable bonds is 8. The minimum Gasteiger partial charge on any atom is -0.267 e. The van der Waals surface area contributed by atoms with Crippen molar-refractivity contribution >= 4 is 21.6 Å². The third kappa shape index (κ3) is 5.64. The van der Waals surface area contributed by atoms with E-state index in [1.54, 1.807) is 26.0 Å². The average molecular weight is 456 g/mol. The quantitative estimate of drug-likeness (QED) is 0.453. The van der Waals surface area contributed by atoms with E-state index in [1.165, 1.54) is 54.1 Å². The lowest BCUT2D eigenvalue weighted by Crippen LogP contribution is -2.30. The summed E-state index contributed by atoms with van der Waals surface area (Å²) in [7, 11) is -3.63. The molecule has 0 radical (unpaired) electrons. The maximum absolute atomic E-state index is 12.7. The lowest BCUT2D eigenvalue weighted by Gasteiger charge is -2.22. The van der Waals surface area contributed by atoms with Crippen LogP contribution in [0.1, 0.15) is 80.3 Å². The largest absolute Gasteiger partial charge is 0.271 e. The van der Waals surface area contributed by atoms with Crippen molar-refractivity contribution in [3.63, 3.8) is 0 Å². The topological polar surface area (TPSA) is 78.8 Å². The Morgan fingerprint density at radius 2 is 1.66 bits per heavy atom.